The van der Waals surface area contributed by atoms with E-state index in [1.165, 1.54) is 0 Å². The normalized spacial score (nSPS) is 19.8. The number of aliphatic hydroxyl groups excluding tert-OH is 1. The summed E-state index contributed by atoms with van der Waals surface area (Å²) in [6.45, 7) is 16.4. The number of benzene rings is 1. The first-order valence-corrected chi connectivity index (χ1v) is 10.3. The molecule has 1 aliphatic rings. The van der Waals surface area contributed by atoms with Crippen LogP contribution >= 0.6 is 0 Å². The fourth-order valence-electron chi connectivity index (χ4n) is 3.49. The third-order valence-electron chi connectivity index (χ3n) is 5.29. The molecule has 1 N–H and O–H groups in total. The van der Waals surface area contributed by atoms with Crippen LogP contribution in [0.15, 0.2) is 41.5 Å². The molecule has 1 aromatic rings. The van der Waals surface area contributed by atoms with E-state index in [1.54, 1.807) is 11.0 Å². The van der Waals surface area contributed by atoms with Gasteiger partial charge in [-0.1, -0.05) is 13.8 Å². The molecule has 0 fully saturated rings. The van der Waals surface area contributed by atoms with E-state index in [0.29, 0.717) is 6.54 Å². The monoisotopic (exact) mass is 642 g/mol. The first-order chi connectivity index (χ1) is 12.8. The average Bonchev–Trinajstić information content (AvgIpc) is 2.86. The topological polar surface area (TPSA) is 40.5 Å². The quantitative estimate of drug-likeness (QED) is 0.296. The predicted octanol–water partition coefficient (Wildman–Crippen LogP) is 4.30. The Morgan fingerprint density at radius 1 is 1.43 bits per heavy atom. The van der Waals surface area contributed by atoms with E-state index in [4.69, 9.17) is 6.58 Å². The second-order valence-electron chi connectivity index (χ2n) is 6.80. The smallest absolute Gasteiger partial charge is 0 e. The van der Waals surface area contributed by atoms with Crippen molar-refractivity contribution < 1.29 is 58.0 Å². The molecule has 2 rings (SSSR count). The van der Waals surface area contributed by atoms with Crippen LogP contribution < -0.4 is 4.90 Å². The zero-order chi connectivity index (χ0) is 20.6. The number of carbonyl (C=O) groups excluding carboxylic acids is 1. The van der Waals surface area contributed by atoms with Crippen molar-refractivity contribution in [1.29, 1.82) is 0 Å². The number of nitrogens with zero attached hydrogens (tertiary/aromatic N) is 1. The van der Waals surface area contributed by atoms with Crippen molar-refractivity contribution in [3.05, 3.63) is 53.6 Å². The Hall–Kier alpha value is -0.364. The van der Waals surface area contributed by atoms with Crippen molar-refractivity contribution in [3.8, 4) is 0 Å². The zero-order valence-electron chi connectivity index (χ0n) is 17.6. The van der Waals surface area contributed by atoms with E-state index in [1.807, 2.05) is 52.0 Å². The average molecular weight is 642 g/mol. The fourth-order valence-corrected chi connectivity index (χ4v) is 3.59. The zero-order valence-corrected chi connectivity index (χ0v) is 23.2. The maximum atomic E-state index is 13.0. The Kier molecular flexibility index (Phi) is 12.9. The molecular formula is C23H31NO2UV-2. The molecule has 0 spiro atoms. The van der Waals surface area contributed by atoms with E-state index < -0.39 is 6.10 Å². The fraction of sp³-hybridized carbons (Fsp3) is 0.478. The van der Waals surface area contributed by atoms with Gasteiger partial charge in [-0.2, -0.15) is 0 Å². The molecule has 3 nitrogen and oxygen atoms in total. The van der Waals surface area contributed by atoms with Crippen molar-refractivity contribution >= 4 is 16.3 Å². The third-order valence-corrected chi connectivity index (χ3v) is 5.84. The summed E-state index contributed by atoms with van der Waals surface area (Å²) in [6, 6.07) is 7.91. The standard InChI is InChI=1S/C21H25NO2.C2H6.U.V/c1-6-21(17(5)23)11-12-22(20(24)16(4)13-15(2)3)19-10-8-7-9-18(19)14-21;1-2;;/h4,7-10,13,17,23H,6,11-12,14H2,1-2,5H3;1-2H3;;/q-2;;;/b15-13-;;;. The van der Waals surface area contributed by atoms with Gasteiger partial charge in [0.2, 0.25) is 0 Å². The number of amides is 1. The molecule has 0 saturated carbocycles. The number of rotatable bonds is 5. The van der Waals surface area contributed by atoms with E-state index >= 15 is 0 Å². The van der Waals surface area contributed by atoms with Crippen LogP contribution in [0.5, 0.6) is 0 Å². The van der Waals surface area contributed by atoms with E-state index in [2.05, 4.69) is 28.6 Å². The summed E-state index contributed by atoms with van der Waals surface area (Å²) < 4.78 is 2.92. The molecule has 0 radical (unpaired) electrons. The molecule has 0 bridgehead atoms. The number of hydrogen-bond acceptors (Lipinski definition) is 2. The Balaban J connectivity index is 0.00000235. The van der Waals surface area contributed by atoms with Crippen LogP contribution in [-0.2, 0) is 28.2 Å². The van der Waals surface area contributed by atoms with Crippen LogP contribution in [0.2, 0.25) is 0 Å². The molecule has 0 saturated heterocycles. The third kappa shape index (κ3) is 6.58. The number of hydrogen-bond donors (Lipinski definition) is 1. The molecular weight excluding hydrogens is 611 g/mol. The van der Waals surface area contributed by atoms with E-state index in [0.717, 1.165) is 36.1 Å². The summed E-state index contributed by atoms with van der Waals surface area (Å²) in [6.07, 6.45) is 3.56. The van der Waals surface area contributed by atoms with Gasteiger partial charge in [0.05, 0.1) is 0 Å². The molecule has 28 heavy (non-hydrogen) atoms. The Bertz CT molecular complexity index is 714. The molecule has 151 valence electrons. The van der Waals surface area contributed by atoms with E-state index in [-0.39, 0.29) is 48.0 Å². The summed E-state index contributed by atoms with van der Waals surface area (Å²) >= 11 is 2.24. The SMILES string of the molecule is CC.[CH-]=C(/C=C(/C)[C-]=[V])C(=O)N1CCC(CC)(C(C)O)Cc2ccccc21.[U]. The minimum atomic E-state index is -0.439. The van der Waals surface area contributed by atoms with Gasteiger partial charge in [-0.05, 0) is 0 Å². The van der Waals surface area contributed by atoms with E-state index in [9.17, 15) is 9.90 Å². The first-order valence-electron chi connectivity index (χ1n) is 9.63. The van der Waals surface area contributed by atoms with Gasteiger partial charge >= 0.3 is 160 Å². The molecule has 5 heteroatoms. The van der Waals surface area contributed by atoms with Gasteiger partial charge in [0, 0.05) is 31.1 Å². The first kappa shape index (κ1) is 27.6. The number of allylic oxidation sites excluding steroid dienone is 1. The number of aliphatic hydroxyl groups is 1. The van der Waals surface area contributed by atoms with Crippen molar-refractivity contribution in [2.75, 3.05) is 11.4 Å². The summed E-state index contributed by atoms with van der Waals surface area (Å²) in [7, 11) is 0. The molecule has 0 aliphatic carbocycles. The van der Waals surface area contributed by atoms with Gasteiger partial charge in [-0.25, -0.2) is 0 Å². The maximum absolute atomic E-state index is 13.0. The minimum absolute atomic E-state index is 0. The molecule has 2 unspecified atom stereocenters. The Labute approximate surface area is 203 Å². The number of para-hydroxylation sites is 1. The van der Waals surface area contributed by atoms with Crippen molar-refractivity contribution in [1.82, 2.24) is 0 Å². The van der Waals surface area contributed by atoms with Crippen LogP contribution in [0.25, 0.3) is 0 Å². The van der Waals surface area contributed by atoms with Crippen LogP contribution in [0.4, 0.5) is 5.69 Å². The number of fused-ring (bicyclic) bond motifs is 1. The van der Waals surface area contributed by atoms with Gasteiger partial charge in [-0.3, -0.25) is 0 Å². The minimum Gasteiger partial charge on any atom is 0 e. The molecule has 1 amide bonds. The maximum Gasteiger partial charge on any atom is 0 e. The molecule has 1 heterocycles. The van der Waals surface area contributed by atoms with Gasteiger partial charge in [0.15, 0.2) is 0 Å². The molecule has 0 aromatic heterocycles. The second-order valence-corrected chi connectivity index (χ2v) is 7.15. The van der Waals surface area contributed by atoms with Gasteiger partial charge in [0.25, 0.3) is 0 Å². The summed E-state index contributed by atoms with van der Waals surface area (Å²) in [5.74, 6) is -0.202. The number of anilines is 1. The summed E-state index contributed by atoms with van der Waals surface area (Å²) in [5.41, 5.74) is 2.74. The van der Waals surface area contributed by atoms with Crippen LogP contribution in [-0.4, -0.2) is 28.4 Å². The van der Waals surface area contributed by atoms with Crippen molar-refractivity contribution in [2.24, 2.45) is 5.41 Å². The van der Waals surface area contributed by atoms with Gasteiger partial charge in [0.1, 0.15) is 0 Å². The Morgan fingerprint density at radius 3 is 2.57 bits per heavy atom. The predicted molar refractivity (Wildman–Crippen MR) is 109 cm³/mol. The second kappa shape index (κ2) is 13.0. The molecule has 2 atom stereocenters. The molecule has 1 aliphatic heterocycles. The summed E-state index contributed by atoms with van der Waals surface area (Å²) in [4.78, 5) is 14.7. The van der Waals surface area contributed by atoms with Crippen LogP contribution in [0.1, 0.15) is 53.0 Å². The number of carbonyl (C=O) groups is 1. The Morgan fingerprint density at radius 2 is 2.04 bits per heavy atom. The van der Waals surface area contributed by atoms with Gasteiger partial charge < -0.3 is 0 Å². The van der Waals surface area contributed by atoms with Crippen LogP contribution in [0.3, 0.4) is 0 Å². The van der Waals surface area contributed by atoms with Crippen LogP contribution in [0, 0.1) is 43.1 Å². The van der Waals surface area contributed by atoms with Crippen molar-refractivity contribution in [3.63, 3.8) is 0 Å². The molecule has 1 aromatic carbocycles. The largest absolute Gasteiger partial charge is 0 e. The van der Waals surface area contributed by atoms with Crippen molar-refractivity contribution in [2.45, 2.75) is 60.0 Å². The van der Waals surface area contributed by atoms with Gasteiger partial charge in [-0.15, -0.1) is 0 Å². The summed E-state index contributed by atoms with van der Waals surface area (Å²) in [5, 5.41) is 10.4.